The Morgan fingerprint density at radius 3 is 3.00 bits per heavy atom. The smallest absolute Gasteiger partial charge is 0.258 e. The van der Waals surface area contributed by atoms with Crippen LogP contribution in [0, 0.1) is 5.82 Å². The maximum Gasteiger partial charge on any atom is 0.258 e. The Bertz CT molecular complexity index is 501. The highest BCUT2D eigenvalue weighted by atomic mass is 35.5. The van der Waals surface area contributed by atoms with Crippen molar-refractivity contribution in [1.29, 1.82) is 0 Å². The van der Waals surface area contributed by atoms with Crippen molar-refractivity contribution in [1.82, 2.24) is 10.1 Å². The standard InChI is InChI=1S/C12H12ClFN2O/c1-2-4-10(13)11-15-12(17-16-11)8-5-3-6-9(14)7-8/h3,5-7,10H,2,4H2,1H3. The Morgan fingerprint density at radius 2 is 2.29 bits per heavy atom. The van der Waals surface area contributed by atoms with E-state index in [1.807, 2.05) is 6.92 Å². The molecule has 0 saturated heterocycles. The van der Waals surface area contributed by atoms with E-state index in [0.717, 1.165) is 12.8 Å². The van der Waals surface area contributed by atoms with Crippen LogP contribution in [-0.4, -0.2) is 10.1 Å². The van der Waals surface area contributed by atoms with Crippen LogP contribution in [0.3, 0.4) is 0 Å². The number of halogens is 2. The van der Waals surface area contributed by atoms with Gasteiger partial charge in [-0.2, -0.15) is 4.98 Å². The summed E-state index contributed by atoms with van der Waals surface area (Å²) < 4.78 is 18.1. The second-order valence-electron chi connectivity index (χ2n) is 3.72. The molecule has 2 rings (SSSR count). The van der Waals surface area contributed by atoms with Crippen LogP contribution in [0.4, 0.5) is 4.39 Å². The highest BCUT2D eigenvalue weighted by Gasteiger charge is 2.15. The summed E-state index contributed by atoms with van der Waals surface area (Å²) in [5.41, 5.74) is 0.559. The van der Waals surface area contributed by atoms with Gasteiger partial charge in [-0.25, -0.2) is 4.39 Å². The molecular weight excluding hydrogens is 243 g/mol. The highest BCUT2D eigenvalue weighted by Crippen LogP contribution is 2.25. The van der Waals surface area contributed by atoms with Crippen molar-refractivity contribution < 1.29 is 8.91 Å². The lowest BCUT2D eigenvalue weighted by molar-refractivity contribution is 0.420. The average Bonchev–Trinajstić information content (AvgIpc) is 2.78. The van der Waals surface area contributed by atoms with Gasteiger partial charge in [0.15, 0.2) is 5.82 Å². The molecule has 0 aliphatic rings. The van der Waals surface area contributed by atoms with Crippen molar-refractivity contribution in [3.8, 4) is 11.5 Å². The van der Waals surface area contributed by atoms with Crippen LogP contribution in [0.25, 0.3) is 11.5 Å². The first-order chi connectivity index (χ1) is 8.20. The number of aromatic nitrogens is 2. The predicted octanol–water partition coefficient (Wildman–Crippen LogP) is 3.96. The van der Waals surface area contributed by atoms with Gasteiger partial charge in [0, 0.05) is 5.56 Å². The summed E-state index contributed by atoms with van der Waals surface area (Å²) in [5.74, 6) is 0.410. The van der Waals surface area contributed by atoms with Crippen LogP contribution in [-0.2, 0) is 0 Å². The quantitative estimate of drug-likeness (QED) is 0.776. The van der Waals surface area contributed by atoms with Crippen LogP contribution >= 0.6 is 11.6 Å². The van der Waals surface area contributed by atoms with Gasteiger partial charge in [0.25, 0.3) is 5.89 Å². The predicted molar refractivity (Wildman–Crippen MR) is 63.2 cm³/mol. The molecule has 1 aromatic heterocycles. The SMILES string of the molecule is CCCC(Cl)c1noc(-c2cccc(F)c2)n1. The Labute approximate surface area is 104 Å². The maximum atomic E-state index is 13.0. The largest absolute Gasteiger partial charge is 0.334 e. The van der Waals surface area contributed by atoms with Crippen molar-refractivity contribution >= 4 is 11.6 Å². The molecule has 1 aromatic carbocycles. The molecule has 0 fully saturated rings. The van der Waals surface area contributed by atoms with Gasteiger partial charge in [-0.3, -0.25) is 0 Å². The number of hydrogen-bond acceptors (Lipinski definition) is 3. The third-order valence-electron chi connectivity index (χ3n) is 2.34. The molecule has 1 heterocycles. The normalized spacial score (nSPS) is 12.6. The molecule has 1 unspecified atom stereocenters. The summed E-state index contributed by atoms with van der Waals surface area (Å²) in [7, 11) is 0. The van der Waals surface area contributed by atoms with Gasteiger partial charge in [0.2, 0.25) is 0 Å². The number of hydrogen-bond donors (Lipinski definition) is 0. The molecule has 1 atom stereocenters. The van der Waals surface area contributed by atoms with E-state index in [2.05, 4.69) is 10.1 Å². The molecule has 90 valence electrons. The van der Waals surface area contributed by atoms with Crippen molar-refractivity contribution in [2.45, 2.75) is 25.1 Å². The topological polar surface area (TPSA) is 38.9 Å². The minimum atomic E-state index is -0.335. The summed E-state index contributed by atoms with van der Waals surface area (Å²) in [6.45, 7) is 2.03. The highest BCUT2D eigenvalue weighted by molar-refractivity contribution is 6.20. The zero-order chi connectivity index (χ0) is 12.3. The molecule has 0 aliphatic heterocycles. The van der Waals surface area contributed by atoms with E-state index in [1.54, 1.807) is 12.1 Å². The van der Waals surface area contributed by atoms with Crippen LogP contribution in [0.15, 0.2) is 28.8 Å². The van der Waals surface area contributed by atoms with Gasteiger partial charge in [-0.05, 0) is 24.6 Å². The number of nitrogens with zero attached hydrogens (tertiary/aromatic N) is 2. The summed E-state index contributed by atoms with van der Waals surface area (Å²) >= 11 is 6.08. The molecule has 0 N–H and O–H groups in total. The zero-order valence-electron chi connectivity index (χ0n) is 9.36. The molecule has 0 bridgehead atoms. The molecule has 0 saturated carbocycles. The lowest BCUT2D eigenvalue weighted by Gasteiger charge is -1.99. The van der Waals surface area contributed by atoms with Crippen LogP contribution in [0.2, 0.25) is 0 Å². The Balaban J connectivity index is 2.23. The first-order valence-corrected chi connectivity index (χ1v) is 5.88. The molecule has 0 amide bonds. The monoisotopic (exact) mass is 254 g/mol. The Kier molecular flexibility index (Phi) is 3.74. The summed E-state index contributed by atoms with van der Waals surface area (Å²) in [5, 5.41) is 3.54. The molecule has 3 nitrogen and oxygen atoms in total. The summed E-state index contributed by atoms with van der Waals surface area (Å²) in [6, 6.07) is 6.02. The third kappa shape index (κ3) is 2.82. The second-order valence-corrected chi connectivity index (χ2v) is 4.25. The van der Waals surface area contributed by atoms with E-state index in [4.69, 9.17) is 16.1 Å². The van der Waals surface area contributed by atoms with E-state index in [1.165, 1.54) is 12.1 Å². The van der Waals surface area contributed by atoms with Crippen LogP contribution < -0.4 is 0 Å². The lowest BCUT2D eigenvalue weighted by atomic mass is 10.2. The molecule has 17 heavy (non-hydrogen) atoms. The number of rotatable bonds is 4. The molecule has 5 heteroatoms. The average molecular weight is 255 g/mol. The molecule has 0 aliphatic carbocycles. The molecular formula is C12H12ClFN2O. The van der Waals surface area contributed by atoms with Gasteiger partial charge in [-0.1, -0.05) is 24.6 Å². The van der Waals surface area contributed by atoms with Gasteiger partial charge in [0.1, 0.15) is 5.82 Å². The Morgan fingerprint density at radius 1 is 1.47 bits per heavy atom. The Hall–Kier alpha value is -1.42. The summed E-state index contributed by atoms with van der Waals surface area (Å²) in [4.78, 5) is 4.16. The molecule has 0 spiro atoms. The van der Waals surface area contributed by atoms with Crippen molar-refractivity contribution in [2.24, 2.45) is 0 Å². The van der Waals surface area contributed by atoms with E-state index in [9.17, 15) is 4.39 Å². The molecule has 2 aromatic rings. The van der Waals surface area contributed by atoms with Gasteiger partial charge >= 0.3 is 0 Å². The minimum absolute atomic E-state index is 0.258. The van der Waals surface area contributed by atoms with Gasteiger partial charge in [0.05, 0.1) is 5.38 Å². The fourth-order valence-electron chi connectivity index (χ4n) is 1.48. The zero-order valence-corrected chi connectivity index (χ0v) is 10.1. The van der Waals surface area contributed by atoms with Crippen LogP contribution in [0.1, 0.15) is 31.0 Å². The van der Waals surface area contributed by atoms with Crippen LogP contribution in [0.5, 0.6) is 0 Å². The number of benzene rings is 1. The van der Waals surface area contributed by atoms with E-state index in [0.29, 0.717) is 17.3 Å². The minimum Gasteiger partial charge on any atom is -0.334 e. The first kappa shape index (κ1) is 12.0. The van der Waals surface area contributed by atoms with Gasteiger partial charge in [-0.15, -0.1) is 11.6 Å². The van der Waals surface area contributed by atoms with Crippen molar-refractivity contribution in [3.05, 3.63) is 35.9 Å². The fraction of sp³-hybridized carbons (Fsp3) is 0.333. The van der Waals surface area contributed by atoms with E-state index in [-0.39, 0.29) is 11.2 Å². The second kappa shape index (κ2) is 5.27. The lowest BCUT2D eigenvalue weighted by Crippen LogP contribution is -1.92. The number of alkyl halides is 1. The van der Waals surface area contributed by atoms with Crippen molar-refractivity contribution in [3.63, 3.8) is 0 Å². The van der Waals surface area contributed by atoms with Crippen molar-refractivity contribution in [2.75, 3.05) is 0 Å². The van der Waals surface area contributed by atoms with E-state index >= 15 is 0 Å². The summed E-state index contributed by atoms with van der Waals surface area (Å²) in [6.07, 6.45) is 1.72. The third-order valence-corrected chi connectivity index (χ3v) is 2.75. The van der Waals surface area contributed by atoms with Gasteiger partial charge < -0.3 is 4.52 Å². The van der Waals surface area contributed by atoms with E-state index < -0.39 is 0 Å². The first-order valence-electron chi connectivity index (χ1n) is 5.44. The maximum absolute atomic E-state index is 13.0. The molecule has 0 radical (unpaired) electrons. The fourth-order valence-corrected chi connectivity index (χ4v) is 1.79.